The molecule has 0 saturated carbocycles. The largest absolute Gasteiger partial charge is 0.467 e. The lowest BCUT2D eigenvalue weighted by Gasteiger charge is -2.32. The number of amides is 5. The minimum atomic E-state index is -1.62. The molecule has 290 valence electrons. The summed E-state index contributed by atoms with van der Waals surface area (Å²) in [7, 11) is 1.05. The number of methoxy groups -OCH3 is 1. The van der Waals surface area contributed by atoms with Crippen LogP contribution in [0.15, 0.2) is 42.5 Å². The maximum absolute atomic E-state index is 13.2. The zero-order valence-electron chi connectivity index (χ0n) is 31.5. The van der Waals surface area contributed by atoms with Crippen molar-refractivity contribution in [3.05, 3.63) is 70.3 Å². The van der Waals surface area contributed by atoms with Crippen LogP contribution >= 0.6 is 0 Å². The van der Waals surface area contributed by atoms with Gasteiger partial charge in [-0.25, -0.2) is 14.4 Å². The quantitative estimate of drug-likeness (QED) is 0.122. The second kappa shape index (κ2) is 16.7. The van der Waals surface area contributed by atoms with E-state index in [2.05, 4.69) is 26.6 Å². The predicted octanol–water partition coefficient (Wildman–Crippen LogP) is 1.10. The number of carbonyl (C=O) groups is 9. The van der Waals surface area contributed by atoms with E-state index < -0.39 is 89.4 Å². The molecule has 0 spiro atoms. The average Bonchev–Trinajstić information content (AvgIpc) is 3.09. The predicted molar refractivity (Wildman–Crippen MR) is 190 cm³/mol. The van der Waals surface area contributed by atoms with Gasteiger partial charge in [-0.1, -0.05) is 24.3 Å². The first-order valence-corrected chi connectivity index (χ1v) is 16.8. The van der Waals surface area contributed by atoms with Gasteiger partial charge in [-0.3, -0.25) is 28.8 Å². The Hall–Kier alpha value is -6.13. The van der Waals surface area contributed by atoms with E-state index in [1.54, 1.807) is 32.9 Å². The summed E-state index contributed by atoms with van der Waals surface area (Å²) >= 11 is 0. The second-order valence-electron chi connectivity index (χ2n) is 14.4. The van der Waals surface area contributed by atoms with Crippen LogP contribution in [-0.2, 0) is 38.2 Å². The molecule has 3 rings (SSSR count). The molecule has 2 atom stereocenters. The molecular formula is C37H45N5O12. The van der Waals surface area contributed by atoms with Gasteiger partial charge in [0.2, 0.25) is 23.6 Å². The van der Waals surface area contributed by atoms with Crippen molar-refractivity contribution >= 4 is 53.2 Å². The number of rotatable bonds is 13. The van der Waals surface area contributed by atoms with Crippen LogP contribution in [0.2, 0.25) is 0 Å². The van der Waals surface area contributed by atoms with Gasteiger partial charge in [0.25, 0.3) is 0 Å². The average molecular weight is 752 g/mol. The standard InChI is InChI=1S/C37H45N5O12/c1-19(39-32(49)36(5,6)42-33(50)37(7,8)41-26(43)17-38-34(51)54-35(2,3)4)29(46)40-25(31(48)52-9)18-53-30(47)20-14-15-23-24(16-20)28(45)22-13-11-10-12-21(22)27(23)44/h10-16,19,25H,17-18H2,1-9H3,(H,38,51)(H,39,49)(H,40,46)(H,41,43)(H,42,50)/t19-,25-/m0/s1. The topological polar surface area (TPSA) is 241 Å². The Labute approximate surface area is 311 Å². The van der Waals surface area contributed by atoms with Crippen LogP contribution in [0, 0.1) is 0 Å². The van der Waals surface area contributed by atoms with E-state index in [0.717, 1.165) is 7.11 Å². The molecule has 1 aliphatic rings. The van der Waals surface area contributed by atoms with Gasteiger partial charge in [-0.05, 0) is 73.6 Å². The third-order valence-electron chi connectivity index (χ3n) is 7.89. The molecule has 5 amide bonds. The summed E-state index contributed by atoms with van der Waals surface area (Å²) in [6.07, 6.45) is -0.828. The molecule has 1 aliphatic carbocycles. The molecule has 2 aromatic carbocycles. The van der Waals surface area contributed by atoms with E-state index in [0.29, 0.717) is 0 Å². The number of hydrogen-bond acceptors (Lipinski definition) is 12. The molecule has 17 nitrogen and oxygen atoms in total. The summed E-state index contributed by atoms with van der Waals surface area (Å²) < 4.78 is 15.1. The molecule has 0 aliphatic heterocycles. The lowest BCUT2D eigenvalue weighted by molar-refractivity contribution is -0.146. The summed E-state index contributed by atoms with van der Waals surface area (Å²) in [5.41, 5.74) is -3.47. The van der Waals surface area contributed by atoms with Crippen molar-refractivity contribution in [3.63, 3.8) is 0 Å². The Morgan fingerprint density at radius 1 is 0.722 bits per heavy atom. The molecule has 0 aromatic heterocycles. The highest BCUT2D eigenvalue weighted by molar-refractivity contribution is 6.28. The second-order valence-corrected chi connectivity index (χ2v) is 14.4. The number of hydrogen-bond donors (Lipinski definition) is 5. The van der Waals surface area contributed by atoms with Crippen molar-refractivity contribution in [2.75, 3.05) is 20.3 Å². The normalized spacial score (nSPS) is 13.5. The van der Waals surface area contributed by atoms with Gasteiger partial charge >= 0.3 is 18.0 Å². The van der Waals surface area contributed by atoms with E-state index in [-0.39, 0.29) is 33.6 Å². The zero-order chi connectivity index (χ0) is 40.8. The molecular weight excluding hydrogens is 706 g/mol. The van der Waals surface area contributed by atoms with Crippen molar-refractivity contribution in [1.29, 1.82) is 0 Å². The number of alkyl carbamates (subject to hydrolysis) is 1. The highest BCUT2D eigenvalue weighted by Gasteiger charge is 2.38. The fraction of sp³-hybridized carbons (Fsp3) is 0.432. The van der Waals surface area contributed by atoms with E-state index in [1.807, 2.05) is 0 Å². The van der Waals surface area contributed by atoms with E-state index in [1.165, 1.54) is 65.0 Å². The Balaban J connectivity index is 1.57. The number of esters is 2. The van der Waals surface area contributed by atoms with Gasteiger partial charge in [0.05, 0.1) is 12.7 Å². The summed E-state index contributed by atoms with van der Waals surface area (Å²) in [4.78, 5) is 115. The van der Waals surface area contributed by atoms with Crippen LogP contribution in [0.1, 0.15) is 97.6 Å². The summed E-state index contributed by atoms with van der Waals surface area (Å²) in [6.45, 7) is 10.5. The highest BCUT2D eigenvalue weighted by Crippen LogP contribution is 2.28. The molecule has 0 fully saturated rings. The smallest absolute Gasteiger partial charge is 0.408 e. The first-order valence-electron chi connectivity index (χ1n) is 16.8. The Bertz CT molecular complexity index is 1880. The molecule has 2 aromatic rings. The molecule has 0 unspecified atom stereocenters. The van der Waals surface area contributed by atoms with E-state index in [4.69, 9.17) is 14.2 Å². The lowest BCUT2D eigenvalue weighted by atomic mass is 9.83. The van der Waals surface area contributed by atoms with Crippen LogP contribution in [0.3, 0.4) is 0 Å². The molecule has 0 heterocycles. The lowest BCUT2D eigenvalue weighted by Crippen LogP contribution is -2.64. The van der Waals surface area contributed by atoms with Crippen molar-refractivity contribution in [2.45, 2.75) is 84.2 Å². The Morgan fingerprint density at radius 2 is 1.28 bits per heavy atom. The molecule has 0 saturated heterocycles. The van der Waals surface area contributed by atoms with Crippen molar-refractivity contribution in [1.82, 2.24) is 26.6 Å². The van der Waals surface area contributed by atoms with Crippen LogP contribution in [0.5, 0.6) is 0 Å². The van der Waals surface area contributed by atoms with Crippen LogP contribution in [-0.4, -0.2) is 102 Å². The minimum Gasteiger partial charge on any atom is -0.467 e. The maximum atomic E-state index is 13.2. The van der Waals surface area contributed by atoms with Crippen molar-refractivity contribution < 1.29 is 57.4 Å². The number of ketones is 2. The van der Waals surface area contributed by atoms with Gasteiger partial charge in [0.1, 0.15) is 35.9 Å². The SMILES string of the molecule is COC(=O)[C@H](COC(=O)c1ccc2c(c1)C(=O)c1ccccc1C2=O)NC(=O)[C@H](C)NC(=O)C(C)(C)NC(=O)C(C)(C)NC(=O)CNC(=O)OC(C)(C)C. The first-order chi connectivity index (χ1) is 25.0. The first kappa shape index (κ1) is 42.3. The highest BCUT2D eigenvalue weighted by atomic mass is 16.6. The third kappa shape index (κ3) is 10.7. The number of ether oxygens (including phenoxy) is 3. The van der Waals surface area contributed by atoms with Crippen LogP contribution < -0.4 is 26.6 Å². The molecule has 0 bridgehead atoms. The fourth-order valence-electron chi connectivity index (χ4n) is 4.93. The van der Waals surface area contributed by atoms with Crippen LogP contribution in [0.4, 0.5) is 4.79 Å². The molecule has 0 radical (unpaired) electrons. The summed E-state index contributed by atoms with van der Waals surface area (Å²) in [6, 6.07) is 7.35. The third-order valence-corrected chi connectivity index (χ3v) is 7.89. The van der Waals surface area contributed by atoms with Crippen molar-refractivity contribution in [2.24, 2.45) is 0 Å². The van der Waals surface area contributed by atoms with Gasteiger partial charge < -0.3 is 40.8 Å². The minimum absolute atomic E-state index is 0.00978. The van der Waals surface area contributed by atoms with E-state index >= 15 is 0 Å². The van der Waals surface area contributed by atoms with Gasteiger partial charge in [-0.15, -0.1) is 0 Å². The van der Waals surface area contributed by atoms with Gasteiger partial charge in [-0.2, -0.15) is 0 Å². The Morgan fingerprint density at radius 3 is 1.85 bits per heavy atom. The van der Waals surface area contributed by atoms with Crippen molar-refractivity contribution in [3.8, 4) is 0 Å². The summed E-state index contributed by atoms with van der Waals surface area (Å²) in [5.74, 6) is -5.92. The maximum Gasteiger partial charge on any atom is 0.408 e. The number of benzene rings is 2. The van der Waals surface area contributed by atoms with Crippen LogP contribution in [0.25, 0.3) is 0 Å². The summed E-state index contributed by atoms with van der Waals surface area (Å²) in [5, 5.41) is 12.0. The number of fused-ring (bicyclic) bond motifs is 2. The van der Waals surface area contributed by atoms with Gasteiger partial charge in [0, 0.05) is 22.3 Å². The van der Waals surface area contributed by atoms with Gasteiger partial charge in [0.15, 0.2) is 17.6 Å². The number of nitrogens with one attached hydrogen (secondary N) is 5. The molecule has 17 heteroatoms. The molecule has 5 N–H and O–H groups in total. The molecule has 54 heavy (non-hydrogen) atoms. The zero-order valence-corrected chi connectivity index (χ0v) is 31.5. The Kier molecular flexibility index (Phi) is 13.1. The number of carbonyl (C=O) groups excluding carboxylic acids is 9. The van der Waals surface area contributed by atoms with E-state index in [9.17, 15) is 43.2 Å². The fourth-order valence-corrected chi connectivity index (χ4v) is 4.93. The monoisotopic (exact) mass is 751 g/mol.